The predicted molar refractivity (Wildman–Crippen MR) is 81.8 cm³/mol. The third-order valence-electron chi connectivity index (χ3n) is 3.30. The van der Waals surface area contributed by atoms with Gasteiger partial charge in [-0.25, -0.2) is 0 Å². The Morgan fingerprint density at radius 2 is 2.05 bits per heavy atom. The average molecular weight is 287 g/mol. The molecule has 2 atom stereocenters. The van der Waals surface area contributed by atoms with Crippen LogP contribution in [0, 0.1) is 5.92 Å². The van der Waals surface area contributed by atoms with Crippen molar-refractivity contribution < 1.29 is 9.90 Å². The van der Waals surface area contributed by atoms with Gasteiger partial charge < -0.3 is 10.4 Å². The van der Waals surface area contributed by atoms with Gasteiger partial charge in [-0.1, -0.05) is 37.3 Å². The molecule has 0 aliphatic rings. The Morgan fingerprint density at radius 1 is 1.33 bits per heavy atom. The summed E-state index contributed by atoms with van der Waals surface area (Å²) in [6.45, 7) is 4.28. The molecule has 0 bridgehead atoms. The highest BCUT2D eigenvalue weighted by molar-refractivity contribution is 5.99. The molecule has 0 spiro atoms. The van der Waals surface area contributed by atoms with Crippen LogP contribution in [-0.2, 0) is 0 Å². The summed E-state index contributed by atoms with van der Waals surface area (Å²) in [4.78, 5) is 12.3. The van der Waals surface area contributed by atoms with Crippen LogP contribution in [0.5, 0.6) is 0 Å². The van der Waals surface area contributed by atoms with Crippen LogP contribution in [0.15, 0.2) is 36.5 Å². The minimum absolute atomic E-state index is 0.153. The van der Waals surface area contributed by atoms with E-state index in [2.05, 4.69) is 15.5 Å². The van der Waals surface area contributed by atoms with Crippen molar-refractivity contribution in [1.29, 1.82) is 0 Å². The van der Waals surface area contributed by atoms with Crippen molar-refractivity contribution in [1.82, 2.24) is 15.5 Å². The zero-order chi connectivity index (χ0) is 15.2. The van der Waals surface area contributed by atoms with Gasteiger partial charge in [-0.05, 0) is 19.3 Å². The Kier molecular flexibility index (Phi) is 5.11. The number of aromatic amines is 1. The Morgan fingerprint density at radius 3 is 2.71 bits per heavy atom. The summed E-state index contributed by atoms with van der Waals surface area (Å²) < 4.78 is 0. The van der Waals surface area contributed by atoms with Crippen molar-refractivity contribution in [2.75, 3.05) is 6.54 Å². The maximum Gasteiger partial charge on any atom is 0.255 e. The molecular weight excluding hydrogens is 266 g/mol. The average Bonchev–Trinajstić information content (AvgIpc) is 2.94. The molecule has 3 N–H and O–H groups in total. The number of carbonyl (C=O) groups is 1. The minimum atomic E-state index is -0.356. The van der Waals surface area contributed by atoms with Crippen LogP contribution in [0.25, 0.3) is 11.3 Å². The Bertz CT molecular complexity index is 578. The van der Waals surface area contributed by atoms with E-state index in [0.717, 1.165) is 11.3 Å². The normalized spacial score (nSPS) is 13.7. The summed E-state index contributed by atoms with van der Waals surface area (Å²) in [5.41, 5.74) is 2.18. The number of nitrogens with one attached hydrogen (secondary N) is 2. The number of benzene rings is 1. The molecule has 0 aliphatic carbocycles. The molecular formula is C16H21N3O2. The number of amides is 1. The smallest absolute Gasteiger partial charge is 0.255 e. The van der Waals surface area contributed by atoms with Crippen molar-refractivity contribution in [3.63, 3.8) is 0 Å². The molecule has 0 aliphatic heterocycles. The first kappa shape index (κ1) is 15.3. The minimum Gasteiger partial charge on any atom is -0.393 e. The van der Waals surface area contributed by atoms with Gasteiger partial charge in [-0.3, -0.25) is 9.89 Å². The molecule has 0 fully saturated rings. The monoisotopic (exact) mass is 287 g/mol. The second-order valence-corrected chi connectivity index (χ2v) is 5.42. The second kappa shape index (κ2) is 7.04. The summed E-state index contributed by atoms with van der Waals surface area (Å²) in [6, 6.07) is 9.63. The van der Waals surface area contributed by atoms with Crippen LogP contribution in [0.3, 0.4) is 0 Å². The third kappa shape index (κ3) is 4.16. The zero-order valence-corrected chi connectivity index (χ0v) is 12.3. The highest BCUT2D eigenvalue weighted by atomic mass is 16.3. The number of aliphatic hydroxyl groups is 1. The quantitative estimate of drug-likeness (QED) is 0.762. The topological polar surface area (TPSA) is 78.0 Å². The van der Waals surface area contributed by atoms with E-state index in [1.807, 2.05) is 37.3 Å². The van der Waals surface area contributed by atoms with Gasteiger partial charge in [0.05, 0.1) is 23.6 Å². The molecule has 2 unspecified atom stereocenters. The van der Waals surface area contributed by atoms with E-state index >= 15 is 0 Å². The first-order chi connectivity index (χ1) is 10.1. The van der Waals surface area contributed by atoms with Gasteiger partial charge in [-0.15, -0.1) is 0 Å². The van der Waals surface area contributed by atoms with E-state index in [4.69, 9.17) is 0 Å². The molecule has 5 heteroatoms. The number of rotatable bonds is 6. The lowest BCUT2D eigenvalue weighted by molar-refractivity contribution is 0.0940. The van der Waals surface area contributed by atoms with Crippen LogP contribution >= 0.6 is 0 Å². The molecule has 112 valence electrons. The second-order valence-electron chi connectivity index (χ2n) is 5.42. The fourth-order valence-corrected chi connectivity index (χ4v) is 2.31. The van der Waals surface area contributed by atoms with Gasteiger partial charge in [0, 0.05) is 12.1 Å². The standard InChI is InChI=1S/C16H21N3O2/c1-11(8-12(2)20)9-17-16(21)14-10-18-19-15(14)13-6-4-3-5-7-13/h3-7,10-12,20H,8-9H2,1-2H3,(H,17,21)(H,18,19). The van der Waals surface area contributed by atoms with Crippen molar-refractivity contribution in [2.45, 2.75) is 26.4 Å². The first-order valence-corrected chi connectivity index (χ1v) is 7.13. The Balaban J connectivity index is 2.03. The van der Waals surface area contributed by atoms with Gasteiger partial charge in [-0.2, -0.15) is 5.10 Å². The molecule has 2 rings (SSSR count). The zero-order valence-electron chi connectivity index (χ0n) is 12.3. The number of nitrogens with zero attached hydrogens (tertiary/aromatic N) is 1. The molecule has 1 amide bonds. The van der Waals surface area contributed by atoms with Gasteiger partial charge in [0.25, 0.3) is 5.91 Å². The number of carbonyl (C=O) groups excluding carboxylic acids is 1. The van der Waals surface area contributed by atoms with E-state index in [0.29, 0.717) is 18.5 Å². The summed E-state index contributed by atoms with van der Waals surface area (Å²) in [5.74, 6) is 0.0704. The van der Waals surface area contributed by atoms with E-state index in [1.165, 1.54) is 6.20 Å². The SMILES string of the molecule is CC(O)CC(C)CNC(=O)c1cn[nH]c1-c1ccccc1. The number of H-pyrrole nitrogens is 1. The van der Waals surface area contributed by atoms with Crippen LogP contribution in [-0.4, -0.2) is 33.9 Å². The van der Waals surface area contributed by atoms with Crippen LogP contribution < -0.4 is 5.32 Å². The largest absolute Gasteiger partial charge is 0.393 e. The van der Waals surface area contributed by atoms with E-state index in [9.17, 15) is 9.90 Å². The molecule has 0 saturated heterocycles. The summed E-state index contributed by atoms with van der Waals surface area (Å²) >= 11 is 0. The van der Waals surface area contributed by atoms with E-state index < -0.39 is 0 Å². The van der Waals surface area contributed by atoms with E-state index in [1.54, 1.807) is 6.92 Å². The van der Waals surface area contributed by atoms with E-state index in [-0.39, 0.29) is 17.9 Å². The lowest BCUT2D eigenvalue weighted by atomic mass is 10.0. The lowest BCUT2D eigenvalue weighted by Gasteiger charge is -2.14. The first-order valence-electron chi connectivity index (χ1n) is 7.13. The molecule has 0 saturated carbocycles. The Hall–Kier alpha value is -2.14. The highest BCUT2D eigenvalue weighted by Gasteiger charge is 2.16. The van der Waals surface area contributed by atoms with Crippen molar-refractivity contribution in [3.8, 4) is 11.3 Å². The number of hydrogen-bond acceptors (Lipinski definition) is 3. The molecule has 1 aromatic heterocycles. The van der Waals surface area contributed by atoms with Crippen LogP contribution in [0.4, 0.5) is 0 Å². The summed E-state index contributed by atoms with van der Waals surface area (Å²) in [6.07, 6.45) is 1.85. The van der Waals surface area contributed by atoms with Crippen molar-refractivity contribution in [2.24, 2.45) is 5.92 Å². The fourth-order valence-electron chi connectivity index (χ4n) is 2.31. The highest BCUT2D eigenvalue weighted by Crippen LogP contribution is 2.20. The molecule has 1 aromatic carbocycles. The summed E-state index contributed by atoms with van der Waals surface area (Å²) in [7, 11) is 0. The van der Waals surface area contributed by atoms with Gasteiger partial charge in [0.15, 0.2) is 0 Å². The molecule has 1 heterocycles. The van der Waals surface area contributed by atoms with Crippen molar-refractivity contribution >= 4 is 5.91 Å². The van der Waals surface area contributed by atoms with Gasteiger partial charge >= 0.3 is 0 Å². The fraction of sp³-hybridized carbons (Fsp3) is 0.375. The van der Waals surface area contributed by atoms with Crippen molar-refractivity contribution in [3.05, 3.63) is 42.1 Å². The molecule has 2 aromatic rings. The molecule has 21 heavy (non-hydrogen) atoms. The van der Waals surface area contributed by atoms with Gasteiger partial charge in [0.1, 0.15) is 0 Å². The Labute approximate surface area is 124 Å². The maximum atomic E-state index is 12.3. The number of aliphatic hydroxyl groups excluding tert-OH is 1. The molecule has 0 radical (unpaired) electrons. The number of hydrogen-bond donors (Lipinski definition) is 3. The van der Waals surface area contributed by atoms with Gasteiger partial charge in [0.2, 0.25) is 0 Å². The predicted octanol–water partition coefficient (Wildman–Crippen LogP) is 2.21. The number of aromatic nitrogens is 2. The van der Waals surface area contributed by atoms with Crippen LogP contribution in [0.1, 0.15) is 30.6 Å². The lowest BCUT2D eigenvalue weighted by Crippen LogP contribution is -2.29. The third-order valence-corrected chi connectivity index (χ3v) is 3.30. The van der Waals surface area contributed by atoms with Crippen LogP contribution in [0.2, 0.25) is 0 Å². The maximum absolute atomic E-state index is 12.3. The molecule has 5 nitrogen and oxygen atoms in total. The summed E-state index contributed by atoms with van der Waals surface area (Å²) in [5, 5.41) is 19.1.